The van der Waals surface area contributed by atoms with Gasteiger partial charge in [0.05, 0.1) is 11.4 Å². The summed E-state index contributed by atoms with van der Waals surface area (Å²) in [5, 5.41) is 6.08. The first-order valence-electron chi connectivity index (χ1n) is 11.8. The zero-order valence-electron chi connectivity index (χ0n) is 19.6. The number of benzene rings is 3. The van der Waals surface area contributed by atoms with Crippen molar-refractivity contribution < 1.29 is 19.1 Å². The molecule has 0 bridgehead atoms. The molecular formula is C27H26N4O4S. The molecule has 2 N–H and O–H groups in total. The average molecular weight is 503 g/mol. The Morgan fingerprint density at radius 3 is 2.25 bits per heavy atom. The Morgan fingerprint density at radius 1 is 0.778 bits per heavy atom. The Hall–Kier alpha value is -4.11. The number of nitrogens with one attached hydrogen (secondary N) is 2. The summed E-state index contributed by atoms with van der Waals surface area (Å²) in [4.78, 5) is 29.6. The van der Waals surface area contributed by atoms with E-state index in [0.717, 1.165) is 11.4 Å². The van der Waals surface area contributed by atoms with E-state index in [4.69, 9.17) is 21.7 Å². The van der Waals surface area contributed by atoms with E-state index in [1.165, 1.54) is 0 Å². The standard InChI is InChI=1S/C27H26N4O4S/c32-25(20-10-11-23-24(18-20)35-17-16-34-23)29-27(36)28-21-8-4-5-9-22(21)30-12-14-31(15-13-30)26(33)19-6-2-1-3-7-19/h1-11,18H,12-17H2,(H2,28,29,32,36). The molecule has 0 saturated carbocycles. The number of hydrogen-bond acceptors (Lipinski definition) is 6. The fourth-order valence-corrected chi connectivity index (χ4v) is 4.48. The topological polar surface area (TPSA) is 83.1 Å². The maximum Gasteiger partial charge on any atom is 0.257 e. The van der Waals surface area contributed by atoms with Crippen molar-refractivity contribution >= 4 is 40.5 Å². The largest absolute Gasteiger partial charge is 0.486 e. The number of anilines is 2. The molecule has 0 radical (unpaired) electrons. The van der Waals surface area contributed by atoms with Gasteiger partial charge in [-0.2, -0.15) is 0 Å². The third kappa shape index (κ3) is 5.26. The summed E-state index contributed by atoms with van der Waals surface area (Å²) in [6.45, 7) is 3.55. The van der Waals surface area contributed by atoms with Crippen LogP contribution in [0.3, 0.4) is 0 Å². The van der Waals surface area contributed by atoms with Gasteiger partial charge in [-0.15, -0.1) is 0 Å². The highest BCUT2D eigenvalue weighted by atomic mass is 32.1. The fraction of sp³-hybridized carbons (Fsp3) is 0.222. The normalized spacial score (nSPS) is 14.7. The number of rotatable bonds is 4. The molecule has 0 aliphatic carbocycles. The maximum absolute atomic E-state index is 12.8. The van der Waals surface area contributed by atoms with Crippen LogP contribution in [0.15, 0.2) is 72.8 Å². The Morgan fingerprint density at radius 2 is 1.47 bits per heavy atom. The minimum absolute atomic E-state index is 0.0460. The summed E-state index contributed by atoms with van der Waals surface area (Å²) in [5.41, 5.74) is 2.87. The molecule has 8 nitrogen and oxygen atoms in total. The van der Waals surface area contributed by atoms with Gasteiger partial charge in [0.2, 0.25) is 0 Å². The van der Waals surface area contributed by atoms with Crippen LogP contribution >= 0.6 is 12.2 Å². The maximum atomic E-state index is 12.8. The van der Waals surface area contributed by atoms with Gasteiger partial charge < -0.3 is 24.6 Å². The molecule has 0 spiro atoms. The van der Waals surface area contributed by atoms with Gasteiger partial charge in [0.15, 0.2) is 16.6 Å². The summed E-state index contributed by atoms with van der Waals surface area (Å²) in [6, 6.07) is 22.2. The highest BCUT2D eigenvalue weighted by molar-refractivity contribution is 7.80. The van der Waals surface area contributed by atoms with Crippen molar-refractivity contribution in [1.29, 1.82) is 0 Å². The van der Waals surface area contributed by atoms with E-state index in [1.54, 1.807) is 18.2 Å². The van der Waals surface area contributed by atoms with Crippen molar-refractivity contribution in [2.75, 3.05) is 49.6 Å². The van der Waals surface area contributed by atoms with Gasteiger partial charge >= 0.3 is 0 Å². The number of hydrogen-bond donors (Lipinski definition) is 2. The molecule has 3 aromatic carbocycles. The SMILES string of the molecule is O=C(NC(=S)Nc1ccccc1N1CCN(C(=O)c2ccccc2)CC1)c1ccc2c(c1)OCCO2. The molecule has 2 heterocycles. The smallest absolute Gasteiger partial charge is 0.257 e. The number of carbonyl (C=O) groups excluding carboxylic acids is 2. The van der Waals surface area contributed by atoms with Crippen molar-refractivity contribution in [3.05, 3.63) is 83.9 Å². The van der Waals surface area contributed by atoms with Gasteiger partial charge in [-0.3, -0.25) is 14.9 Å². The van der Waals surface area contributed by atoms with Crippen LogP contribution in [0.5, 0.6) is 11.5 Å². The van der Waals surface area contributed by atoms with Crippen molar-refractivity contribution in [3.63, 3.8) is 0 Å². The lowest BCUT2D eigenvalue weighted by molar-refractivity contribution is 0.0746. The van der Waals surface area contributed by atoms with Crippen LogP contribution < -0.4 is 25.0 Å². The Balaban J connectivity index is 1.20. The summed E-state index contributed by atoms with van der Waals surface area (Å²) in [5.74, 6) is 0.876. The zero-order valence-corrected chi connectivity index (χ0v) is 20.4. The minimum atomic E-state index is -0.338. The number of ether oxygens (including phenoxy) is 2. The van der Waals surface area contributed by atoms with Crippen LogP contribution in [-0.2, 0) is 0 Å². The predicted molar refractivity (Wildman–Crippen MR) is 142 cm³/mol. The molecular weight excluding hydrogens is 476 g/mol. The molecule has 2 aliphatic rings. The Kier molecular flexibility index (Phi) is 6.99. The van der Waals surface area contributed by atoms with Gasteiger partial charge in [-0.05, 0) is 54.7 Å². The number of piperazine rings is 1. The second-order valence-corrected chi connectivity index (χ2v) is 8.84. The van der Waals surface area contributed by atoms with Gasteiger partial charge in [0, 0.05) is 37.3 Å². The molecule has 3 aromatic rings. The number of amides is 2. The quantitative estimate of drug-likeness (QED) is 0.528. The van der Waals surface area contributed by atoms with Crippen LogP contribution in [0, 0.1) is 0 Å². The third-order valence-electron chi connectivity index (χ3n) is 6.11. The lowest BCUT2D eigenvalue weighted by Crippen LogP contribution is -2.49. The van der Waals surface area contributed by atoms with Crippen LogP contribution in [0.2, 0.25) is 0 Å². The first-order chi connectivity index (χ1) is 17.6. The van der Waals surface area contributed by atoms with E-state index in [2.05, 4.69) is 15.5 Å². The number of para-hydroxylation sites is 2. The van der Waals surface area contributed by atoms with Crippen LogP contribution in [0.4, 0.5) is 11.4 Å². The van der Waals surface area contributed by atoms with E-state index in [1.807, 2.05) is 59.5 Å². The van der Waals surface area contributed by atoms with E-state index in [0.29, 0.717) is 62.0 Å². The molecule has 1 saturated heterocycles. The van der Waals surface area contributed by atoms with Crippen LogP contribution in [0.25, 0.3) is 0 Å². The summed E-state index contributed by atoms with van der Waals surface area (Å²) in [6.07, 6.45) is 0. The second kappa shape index (κ2) is 10.7. The van der Waals surface area contributed by atoms with Gasteiger partial charge in [0.1, 0.15) is 13.2 Å². The van der Waals surface area contributed by atoms with Crippen molar-refractivity contribution in [2.45, 2.75) is 0 Å². The monoisotopic (exact) mass is 502 g/mol. The molecule has 1 fully saturated rings. The first-order valence-corrected chi connectivity index (χ1v) is 12.2. The van der Waals surface area contributed by atoms with E-state index >= 15 is 0 Å². The average Bonchev–Trinajstić information content (AvgIpc) is 2.93. The number of fused-ring (bicyclic) bond motifs is 1. The summed E-state index contributed by atoms with van der Waals surface area (Å²) in [7, 11) is 0. The Labute approximate surface area is 214 Å². The lowest BCUT2D eigenvalue weighted by atomic mass is 10.1. The minimum Gasteiger partial charge on any atom is -0.486 e. The van der Waals surface area contributed by atoms with Gasteiger partial charge in [0.25, 0.3) is 11.8 Å². The molecule has 36 heavy (non-hydrogen) atoms. The summed E-state index contributed by atoms with van der Waals surface area (Å²) >= 11 is 5.43. The third-order valence-corrected chi connectivity index (χ3v) is 6.32. The predicted octanol–water partition coefficient (Wildman–Crippen LogP) is 3.55. The zero-order chi connectivity index (χ0) is 24.9. The Bertz CT molecular complexity index is 1280. The molecule has 9 heteroatoms. The molecule has 0 unspecified atom stereocenters. The molecule has 0 atom stereocenters. The summed E-state index contributed by atoms with van der Waals surface area (Å²) < 4.78 is 11.1. The van der Waals surface area contributed by atoms with Crippen LogP contribution in [0.1, 0.15) is 20.7 Å². The number of carbonyl (C=O) groups is 2. The fourth-order valence-electron chi connectivity index (χ4n) is 4.28. The molecule has 2 amide bonds. The number of thiocarbonyl (C=S) groups is 1. The highest BCUT2D eigenvalue weighted by Crippen LogP contribution is 2.31. The second-order valence-electron chi connectivity index (χ2n) is 8.43. The van der Waals surface area contributed by atoms with E-state index < -0.39 is 0 Å². The van der Waals surface area contributed by atoms with E-state index in [9.17, 15) is 9.59 Å². The van der Waals surface area contributed by atoms with Crippen molar-refractivity contribution in [3.8, 4) is 11.5 Å². The molecule has 5 rings (SSSR count). The molecule has 0 aromatic heterocycles. The van der Waals surface area contributed by atoms with Gasteiger partial charge in [-0.25, -0.2) is 0 Å². The first kappa shape index (κ1) is 23.6. The molecule has 2 aliphatic heterocycles. The van der Waals surface area contributed by atoms with Crippen LogP contribution in [-0.4, -0.2) is 61.2 Å². The molecule has 184 valence electrons. The number of nitrogens with zero attached hydrogens (tertiary/aromatic N) is 2. The van der Waals surface area contributed by atoms with Crippen molar-refractivity contribution in [2.24, 2.45) is 0 Å². The van der Waals surface area contributed by atoms with Gasteiger partial charge in [-0.1, -0.05) is 30.3 Å². The van der Waals surface area contributed by atoms with Crippen molar-refractivity contribution in [1.82, 2.24) is 10.2 Å². The lowest BCUT2D eigenvalue weighted by Gasteiger charge is -2.37. The van der Waals surface area contributed by atoms with E-state index in [-0.39, 0.29) is 16.9 Å². The highest BCUT2D eigenvalue weighted by Gasteiger charge is 2.24.